The predicted octanol–water partition coefficient (Wildman–Crippen LogP) is 0.549. The molecule has 0 spiro atoms. The zero-order valence-electron chi connectivity index (χ0n) is 11.6. The van der Waals surface area contributed by atoms with Gasteiger partial charge in [-0.15, -0.1) is 0 Å². The van der Waals surface area contributed by atoms with Gasteiger partial charge < -0.3 is 15.3 Å². The van der Waals surface area contributed by atoms with Gasteiger partial charge in [-0.25, -0.2) is 9.97 Å². The van der Waals surface area contributed by atoms with Crippen LogP contribution in [-0.2, 0) is 4.79 Å². The summed E-state index contributed by atoms with van der Waals surface area (Å²) in [5.74, 6) is -0.237. The number of aryl methyl sites for hydroxylation is 1. The molecule has 1 saturated heterocycles. The summed E-state index contributed by atoms with van der Waals surface area (Å²) in [4.78, 5) is 22.1. The first-order valence-corrected chi connectivity index (χ1v) is 6.45. The van der Waals surface area contributed by atoms with E-state index in [1.54, 1.807) is 7.05 Å². The minimum atomic E-state index is -0.956. The van der Waals surface area contributed by atoms with E-state index >= 15 is 0 Å². The summed E-state index contributed by atoms with van der Waals surface area (Å²) in [6.45, 7) is 3.90. The Hall–Kier alpha value is -1.53. The van der Waals surface area contributed by atoms with Gasteiger partial charge in [0, 0.05) is 23.9 Å². The maximum absolute atomic E-state index is 11.2. The fraction of sp³-hybridized carbons (Fsp3) is 0.615. The van der Waals surface area contributed by atoms with Crippen LogP contribution in [0, 0.1) is 6.92 Å². The quantitative estimate of drug-likeness (QED) is 0.827. The lowest BCUT2D eigenvalue weighted by molar-refractivity contribution is -0.139. The highest BCUT2D eigenvalue weighted by Gasteiger charge is 2.26. The van der Waals surface area contributed by atoms with Crippen LogP contribution < -0.4 is 5.32 Å². The van der Waals surface area contributed by atoms with Crippen molar-refractivity contribution in [2.75, 3.05) is 27.2 Å². The summed E-state index contributed by atoms with van der Waals surface area (Å²) in [5.41, 5.74) is 1.77. The molecule has 1 aromatic rings. The number of rotatable bonds is 4. The molecule has 2 rings (SSSR count). The number of carboxylic acids is 1. The monoisotopic (exact) mass is 264 g/mol. The summed E-state index contributed by atoms with van der Waals surface area (Å²) in [7, 11) is 3.69. The summed E-state index contributed by atoms with van der Waals surface area (Å²) in [6, 6.07) is 1.11. The topological polar surface area (TPSA) is 78.3 Å². The smallest absolute Gasteiger partial charge is 0.328 e. The summed E-state index contributed by atoms with van der Waals surface area (Å²) < 4.78 is 0. The predicted molar refractivity (Wildman–Crippen MR) is 71.1 cm³/mol. The van der Waals surface area contributed by atoms with Gasteiger partial charge in [0.1, 0.15) is 0 Å². The SMILES string of the molecule is CNC(C(=O)O)c1nc(C)cc(C2CCN(C)C2)n1. The van der Waals surface area contributed by atoms with Crippen molar-refractivity contribution >= 4 is 5.97 Å². The first-order valence-electron chi connectivity index (χ1n) is 6.45. The molecule has 1 aliphatic rings. The van der Waals surface area contributed by atoms with E-state index in [4.69, 9.17) is 5.11 Å². The van der Waals surface area contributed by atoms with Crippen LogP contribution in [0.15, 0.2) is 6.07 Å². The molecule has 0 radical (unpaired) electrons. The molecule has 6 heteroatoms. The van der Waals surface area contributed by atoms with Gasteiger partial charge in [-0.1, -0.05) is 0 Å². The van der Waals surface area contributed by atoms with E-state index < -0.39 is 12.0 Å². The maximum Gasteiger partial charge on any atom is 0.328 e. The second kappa shape index (κ2) is 5.63. The van der Waals surface area contributed by atoms with Crippen LogP contribution in [0.4, 0.5) is 0 Å². The molecule has 0 aromatic carbocycles. The number of hydrogen-bond acceptors (Lipinski definition) is 5. The number of aromatic nitrogens is 2. The van der Waals surface area contributed by atoms with Crippen molar-refractivity contribution in [3.05, 3.63) is 23.3 Å². The highest BCUT2D eigenvalue weighted by Crippen LogP contribution is 2.25. The van der Waals surface area contributed by atoms with E-state index in [-0.39, 0.29) is 0 Å². The molecule has 6 nitrogen and oxygen atoms in total. The first-order chi connectivity index (χ1) is 9.01. The third-order valence-electron chi connectivity index (χ3n) is 3.49. The van der Waals surface area contributed by atoms with Crippen molar-refractivity contribution in [1.82, 2.24) is 20.2 Å². The van der Waals surface area contributed by atoms with Crippen molar-refractivity contribution in [2.45, 2.75) is 25.3 Å². The van der Waals surface area contributed by atoms with Crippen LogP contribution in [0.5, 0.6) is 0 Å². The molecule has 2 heterocycles. The number of aliphatic carboxylic acids is 1. The van der Waals surface area contributed by atoms with Crippen LogP contribution in [0.25, 0.3) is 0 Å². The lowest BCUT2D eigenvalue weighted by atomic mass is 10.0. The zero-order valence-corrected chi connectivity index (χ0v) is 11.6. The average Bonchev–Trinajstić information content (AvgIpc) is 2.75. The van der Waals surface area contributed by atoms with Crippen LogP contribution >= 0.6 is 0 Å². The van der Waals surface area contributed by atoms with Gasteiger partial charge in [0.25, 0.3) is 0 Å². The molecule has 1 aromatic heterocycles. The molecule has 0 amide bonds. The van der Waals surface area contributed by atoms with Crippen LogP contribution in [0.1, 0.15) is 35.6 Å². The van der Waals surface area contributed by atoms with Crippen LogP contribution in [0.2, 0.25) is 0 Å². The Morgan fingerprint density at radius 3 is 2.84 bits per heavy atom. The number of likely N-dealkylation sites (tertiary alicyclic amines) is 1. The van der Waals surface area contributed by atoms with Crippen molar-refractivity contribution in [1.29, 1.82) is 0 Å². The highest BCUT2D eigenvalue weighted by atomic mass is 16.4. The minimum Gasteiger partial charge on any atom is -0.480 e. The van der Waals surface area contributed by atoms with Gasteiger partial charge in [-0.05, 0) is 40.1 Å². The van der Waals surface area contributed by atoms with Gasteiger partial charge in [0.2, 0.25) is 0 Å². The average molecular weight is 264 g/mol. The van der Waals surface area contributed by atoms with E-state index in [0.717, 1.165) is 30.9 Å². The van der Waals surface area contributed by atoms with Gasteiger partial charge in [-0.2, -0.15) is 0 Å². The van der Waals surface area contributed by atoms with Gasteiger partial charge in [0.15, 0.2) is 11.9 Å². The minimum absolute atomic E-state index is 0.347. The summed E-state index contributed by atoms with van der Waals surface area (Å²) in [6.07, 6.45) is 1.06. The molecule has 2 N–H and O–H groups in total. The lowest BCUT2D eigenvalue weighted by Crippen LogP contribution is -2.28. The number of nitrogens with zero attached hydrogens (tertiary/aromatic N) is 3. The molecule has 1 fully saturated rings. The third-order valence-corrected chi connectivity index (χ3v) is 3.49. The Balaban J connectivity index is 2.31. The Kier molecular flexibility index (Phi) is 4.11. The van der Waals surface area contributed by atoms with Gasteiger partial charge >= 0.3 is 5.97 Å². The third kappa shape index (κ3) is 3.08. The molecule has 0 bridgehead atoms. The fourth-order valence-electron chi connectivity index (χ4n) is 2.49. The van der Waals surface area contributed by atoms with Gasteiger partial charge in [0.05, 0.1) is 0 Å². The van der Waals surface area contributed by atoms with E-state index in [1.165, 1.54) is 0 Å². The summed E-state index contributed by atoms with van der Waals surface area (Å²) >= 11 is 0. The van der Waals surface area contributed by atoms with E-state index in [0.29, 0.717) is 11.7 Å². The van der Waals surface area contributed by atoms with E-state index in [9.17, 15) is 4.79 Å². The number of carboxylic acid groups (broad SMARTS) is 1. The molecule has 104 valence electrons. The molecule has 2 unspecified atom stereocenters. The van der Waals surface area contributed by atoms with Crippen LogP contribution in [0.3, 0.4) is 0 Å². The van der Waals surface area contributed by atoms with Crippen molar-refractivity contribution in [3.8, 4) is 0 Å². The maximum atomic E-state index is 11.2. The fourth-order valence-corrected chi connectivity index (χ4v) is 2.49. The second-order valence-corrected chi connectivity index (χ2v) is 5.10. The normalized spacial score (nSPS) is 21.5. The van der Waals surface area contributed by atoms with Crippen molar-refractivity contribution in [3.63, 3.8) is 0 Å². The van der Waals surface area contributed by atoms with Gasteiger partial charge in [-0.3, -0.25) is 4.79 Å². The van der Waals surface area contributed by atoms with Crippen molar-refractivity contribution < 1.29 is 9.90 Å². The molecular weight excluding hydrogens is 244 g/mol. The Morgan fingerprint density at radius 2 is 2.32 bits per heavy atom. The highest BCUT2D eigenvalue weighted by molar-refractivity contribution is 5.74. The Bertz CT molecular complexity index is 478. The zero-order chi connectivity index (χ0) is 14.0. The molecule has 19 heavy (non-hydrogen) atoms. The number of nitrogens with one attached hydrogen (secondary N) is 1. The molecule has 1 aliphatic heterocycles. The second-order valence-electron chi connectivity index (χ2n) is 5.10. The Morgan fingerprint density at radius 1 is 1.58 bits per heavy atom. The summed E-state index contributed by atoms with van der Waals surface area (Å²) in [5, 5.41) is 11.9. The Labute approximate surface area is 112 Å². The van der Waals surface area contributed by atoms with Crippen LogP contribution in [-0.4, -0.2) is 53.1 Å². The lowest BCUT2D eigenvalue weighted by Gasteiger charge is -2.15. The molecule has 0 saturated carbocycles. The number of likely N-dealkylation sites (N-methyl/N-ethyl adjacent to an activating group) is 2. The molecule has 2 atom stereocenters. The first kappa shape index (κ1) is 13.9. The number of carbonyl (C=O) groups is 1. The van der Waals surface area contributed by atoms with E-state index in [2.05, 4.69) is 27.2 Å². The largest absolute Gasteiger partial charge is 0.480 e. The van der Waals surface area contributed by atoms with E-state index in [1.807, 2.05) is 13.0 Å². The number of hydrogen-bond donors (Lipinski definition) is 2. The molecular formula is C13H20N4O2. The standard InChI is InChI=1S/C13H20N4O2/c1-8-6-10(9-4-5-17(3)7-9)16-12(15-8)11(14-2)13(18)19/h6,9,11,14H,4-5,7H2,1-3H3,(H,18,19). The molecule has 0 aliphatic carbocycles. The van der Waals surface area contributed by atoms with Crippen molar-refractivity contribution in [2.24, 2.45) is 0 Å².